The number of carbonyl (C=O) groups excluding carboxylic acids is 2. The lowest BCUT2D eigenvalue weighted by Crippen LogP contribution is -2.64. The number of aryl methyl sites for hydroxylation is 1. The molecule has 1 aliphatic carbocycles. The van der Waals surface area contributed by atoms with Gasteiger partial charge in [-0.2, -0.15) is 4.31 Å². The van der Waals surface area contributed by atoms with Crippen molar-refractivity contribution >= 4 is 21.9 Å². The number of carbonyl (C=O) groups is 2. The third kappa shape index (κ3) is 6.37. The summed E-state index contributed by atoms with van der Waals surface area (Å²) in [7, 11) is -2.34. The SMILES string of the molecule is C=CCCC1(CN(Cc2ccc(OC)cc2)C(=O)OC(C)(C)C)CN(S(=O)(=O)c2ccc(C)cc2)[C@H]2C[C@@H]1C(=O)[C@@H]1O[C@@H]12. The molecule has 2 saturated heterocycles. The topological polar surface area (TPSA) is 106 Å². The van der Waals surface area contributed by atoms with E-state index in [0.717, 1.165) is 11.1 Å². The molecule has 2 bridgehead atoms. The second-order valence-corrected chi connectivity index (χ2v) is 14.9. The van der Waals surface area contributed by atoms with Crippen LogP contribution in [-0.4, -0.2) is 73.5 Å². The number of sulfonamides is 1. The van der Waals surface area contributed by atoms with Gasteiger partial charge >= 0.3 is 6.09 Å². The molecule has 2 heterocycles. The second-order valence-electron chi connectivity index (χ2n) is 13.0. The number of Topliss-reactive ketones (excluding diaryl/α,β-unsaturated/α-hetero) is 1. The highest BCUT2D eigenvalue weighted by atomic mass is 32.2. The summed E-state index contributed by atoms with van der Waals surface area (Å²) in [5.41, 5.74) is 0.166. The Morgan fingerprint density at radius 3 is 2.44 bits per heavy atom. The van der Waals surface area contributed by atoms with Crippen LogP contribution in [0.2, 0.25) is 0 Å². The van der Waals surface area contributed by atoms with Crippen LogP contribution < -0.4 is 4.74 Å². The minimum absolute atomic E-state index is 0.00807. The molecule has 232 valence electrons. The molecule has 3 fully saturated rings. The van der Waals surface area contributed by atoms with Gasteiger partial charge in [0.25, 0.3) is 0 Å². The third-order valence-corrected chi connectivity index (χ3v) is 10.6. The minimum atomic E-state index is -3.93. The monoisotopic (exact) mass is 610 g/mol. The summed E-state index contributed by atoms with van der Waals surface area (Å²) in [6.45, 7) is 11.7. The highest BCUT2D eigenvalue weighted by Gasteiger charge is 2.67. The van der Waals surface area contributed by atoms with E-state index in [1.54, 1.807) is 63.1 Å². The number of rotatable bonds is 10. The molecule has 5 atom stereocenters. The average Bonchev–Trinajstić information content (AvgIpc) is 3.76. The number of piperidine rings is 1. The van der Waals surface area contributed by atoms with Crippen molar-refractivity contribution in [3.63, 3.8) is 0 Å². The van der Waals surface area contributed by atoms with Gasteiger partial charge in [0.15, 0.2) is 5.78 Å². The van der Waals surface area contributed by atoms with Crippen LogP contribution in [-0.2, 0) is 30.8 Å². The summed E-state index contributed by atoms with van der Waals surface area (Å²) in [6.07, 6.45) is 1.54. The summed E-state index contributed by atoms with van der Waals surface area (Å²) in [6, 6.07) is 13.8. The molecule has 0 N–H and O–H groups in total. The number of allylic oxidation sites excluding steroid dienone is 1. The molecule has 43 heavy (non-hydrogen) atoms. The summed E-state index contributed by atoms with van der Waals surface area (Å²) in [5.74, 6) is 0.204. The van der Waals surface area contributed by atoms with Gasteiger partial charge in [0, 0.05) is 31.0 Å². The van der Waals surface area contributed by atoms with Crippen LogP contribution in [0.3, 0.4) is 0 Å². The van der Waals surface area contributed by atoms with Gasteiger partial charge in [0.1, 0.15) is 23.6 Å². The van der Waals surface area contributed by atoms with Crippen molar-refractivity contribution in [3.8, 4) is 5.75 Å². The van der Waals surface area contributed by atoms with Crippen LogP contribution in [0.15, 0.2) is 66.1 Å². The van der Waals surface area contributed by atoms with Crippen LogP contribution in [0, 0.1) is 18.3 Å². The maximum atomic E-state index is 14.2. The molecule has 1 amide bonds. The number of methoxy groups -OCH3 is 1. The summed E-state index contributed by atoms with van der Waals surface area (Å²) < 4.78 is 46.9. The number of ether oxygens (including phenoxy) is 3. The fourth-order valence-corrected chi connectivity index (χ4v) is 8.28. The van der Waals surface area contributed by atoms with Crippen molar-refractivity contribution in [2.45, 2.75) is 82.2 Å². The molecule has 1 unspecified atom stereocenters. The second kappa shape index (κ2) is 11.7. The molecule has 2 aromatic carbocycles. The Labute approximate surface area is 254 Å². The quantitative estimate of drug-likeness (QED) is 0.272. The number of benzene rings is 2. The van der Waals surface area contributed by atoms with E-state index in [2.05, 4.69) is 6.58 Å². The molecule has 2 aliphatic heterocycles. The van der Waals surface area contributed by atoms with Gasteiger partial charge in [-0.1, -0.05) is 35.9 Å². The summed E-state index contributed by atoms with van der Waals surface area (Å²) >= 11 is 0. The van der Waals surface area contributed by atoms with Crippen molar-refractivity contribution in [1.82, 2.24) is 9.21 Å². The number of epoxide rings is 1. The molecule has 3 aliphatic rings. The predicted molar refractivity (Wildman–Crippen MR) is 162 cm³/mol. The van der Waals surface area contributed by atoms with Crippen molar-refractivity contribution in [3.05, 3.63) is 72.3 Å². The largest absolute Gasteiger partial charge is 0.497 e. The summed E-state index contributed by atoms with van der Waals surface area (Å²) in [4.78, 5) is 29.3. The van der Waals surface area contributed by atoms with E-state index in [-0.39, 0.29) is 30.3 Å². The Morgan fingerprint density at radius 2 is 1.84 bits per heavy atom. The molecular formula is C33H42N2O7S. The molecule has 0 radical (unpaired) electrons. The maximum Gasteiger partial charge on any atom is 0.410 e. The zero-order valence-corrected chi connectivity index (χ0v) is 26.4. The number of hydrogen-bond donors (Lipinski definition) is 0. The normalized spacial score (nSPS) is 26.8. The zero-order chi connectivity index (χ0) is 31.2. The van der Waals surface area contributed by atoms with Crippen LogP contribution in [0.25, 0.3) is 0 Å². The molecule has 1 saturated carbocycles. The Morgan fingerprint density at radius 1 is 1.16 bits per heavy atom. The Bertz CT molecular complexity index is 1470. The van der Waals surface area contributed by atoms with E-state index in [1.165, 1.54) is 4.31 Å². The van der Waals surface area contributed by atoms with E-state index in [1.807, 2.05) is 31.2 Å². The van der Waals surface area contributed by atoms with E-state index < -0.39 is 51.3 Å². The molecule has 0 aromatic heterocycles. The lowest BCUT2D eigenvalue weighted by molar-refractivity contribution is -0.135. The third-order valence-electron chi connectivity index (χ3n) is 8.75. The fourth-order valence-electron chi connectivity index (χ4n) is 6.54. The first-order chi connectivity index (χ1) is 20.3. The molecular weight excluding hydrogens is 568 g/mol. The molecule has 0 spiro atoms. The van der Waals surface area contributed by atoms with Gasteiger partial charge in [0.2, 0.25) is 10.0 Å². The van der Waals surface area contributed by atoms with E-state index in [0.29, 0.717) is 25.0 Å². The number of hydrogen-bond acceptors (Lipinski definition) is 7. The first-order valence-electron chi connectivity index (χ1n) is 14.8. The van der Waals surface area contributed by atoms with Crippen LogP contribution in [0.4, 0.5) is 4.79 Å². The number of amides is 1. The van der Waals surface area contributed by atoms with Crippen molar-refractivity contribution < 1.29 is 32.2 Å². The Balaban J connectivity index is 1.56. The van der Waals surface area contributed by atoms with Crippen LogP contribution in [0.5, 0.6) is 5.75 Å². The molecule has 9 nitrogen and oxygen atoms in total. The molecule has 10 heteroatoms. The van der Waals surface area contributed by atoms with Crippen molar-refractivity contribution in [2.75, 3.05) is 20.2 Å². The van der Waals surface area contributed by atoms with Gasteiger partial charge in [0.05, 0.1) is 18.0 Å². The van der Waals surface area contributed by atoms with Gasteiger partial charge in [-0.25, -0.2) is 13.2 Å². The Hall–Kier alpha value is -3.21. The first-order valence-corrected chi connectivity index (χ1v) is 16.2. The van der Waals surface area contributed by atoms with Gasteiger partial charge in [-0.3, -0.25) is 4.79 Å². The van der Waals surface area contributed by atoms with E-state index >= 15 is 0 Å². The average molecular weight is 611 g/mol. The predicted octanol–water partition coefficient (Wildman–Crippen LogP) is 5.12. The van der Waals surface area contributed by atoms with E-state index in [9.17, 15) is 18.0 Å². The smallest absolute Gasteiger partial charge is 0.410 e. The first kappa shape index (κ1) is 31.2. The lowest BCUT2D eigenvalue weighted by atomic mass is 9.61. The standard InChI is InChI=1S/C33H42N2O7S/c1-7-8-17-33(20-34(31(37)42-32(3,4)5)19-23-11-13-24(40-6)14-12-23)21-35(27-18-26(33)28(36)30-29(27)41-30)43(38,39)25-15-9-22(2)10-16-25/h7,9-16,26-27,29-30H,1,8,17-21H2,2-6H3/t26-,27+,29-,30+,33?/m1/s1. The van der Waals surface area contributed by atoms with Crippen molar-refractivity contribution in [2.24, 2.45) is 11.3 Å². The van der Waals surface area contributed by atoms with Gasteiger partial charge in [-0.15, -0.1) is 6.58 Å². The lowest BCUT2D eigenvalue weighted by Gasteiger charge is -2.53. The minimum Gasteiger partial charge on any atom is -0.497 e. The number of ketones is 1. The highest BCUT2D eigenvalue weighted by Crippen LogP contribution is 2.54. The van der Waals surface area contributed by atoms with Gasteiger partial charge in [-0.05, 0) is 76.8 Å². The van der Waals surface area contributed by atoms with Crippen LogP contribution in [0.1, 0.15) is 51.2 Å². The fraction of sp³-hybridized carbons (Fsp3) is 0.515. The number of fused-ring (bicyclic) bond motifs is 4. The van der Waals surface area contributed by atoms with Gasteiger partial charge < -0.3 is 19.1 Å². The summed E-state index contributed by atoms with van der Waals surface area (Å²) in [5, 5.41) is 0. The van der Waals surface area contributed by atoms with Crippen molar-refractivity contribution in [1.29, 1.82) is 0 Å². The molecule has 5 rings (SSSR count). The maximum absolute atomic E-state index is 14.2. The van der Waals surface area contributed by atoms with Crippen LogP contribution >= 0.6 is 0 Å². The number of nitrogens with zero attached hydrogens (tertiary/aromatic N) is 2. The van der Waals surface area contributed by atoms with E-state index in [4.69, 9.17) is 14.2 Å². The zero-order valence-electron chi connectivity index (χ0n) is 25.6. The molecule has 2 aromatic rings. The Kier molecular flexibility index (Phi) is 8.50. The highest BCUT2D eigenvalue weighted by molar-refractivity contribution is 7.89.